The number of aromatic nitrogens is 1. The fourth-order valence-corrected chi connectivity index (χ4v) is 2.59. The number of benzene rings is 1. The lowest BCUT2D eigenvalue weighted by molar-refractivity contribution is -0.165. The molecule has 0 saturated heterocycles. The monoisotopic (exact) mass is 450 g/mol. The maximum Gasteiger partial charge on any atom is 0.335 e. The topological polar surface area (TPSA) is 211 Å². The molecule has 3 atom stereocenters. The average Bonchev–Trinajstić information content (AvgIpc) is 2.73. The van der Waals surface area contributed by atoms with E-state index in [0.29, 0.717) is 10.6 Å². The highest BCUT2D eigenvalue weighted by molar-refractivity contribution is 6.30. The highest BCUT2D eigenvalue weighted by atomic mass is 35.5. The van der Waals surface area contributed by atoms with Gasteiger partial charge in [0, 0.05) is 6.20 Å². The normalized spacial score (nSPS) is 13.0. The largest absolute Gasteiger partial charge is 0.479 e. The molecule has 0 saturated carbocycles. The highest BCUT2D eigenvalue weighted by Gasteiger charge is 2.29. The van der Waals surface area contributed by atoms with Crippen LogP contribution < -0.4 is 11.2 Å². The molecule has 0 aliphatic rings. The number of carboxylic acid groups (broad SMARTS) is 2. The van der Waals surface area contributed by atoms with Crippen LogP contribution in [0.3, 0.4) is 0 Å². The van der Waals surface area contributed by atoms with Crippen molar-refractivity contribution in [1.29, 1.82) is 10.7 Å². The number of primary amides is 1. The van der Waals surface area contributed by atoms with Gasteiger partial charge in [-0.05, 0) is 30.7 Å². The molecule has 0 spiro atoms. The molecule has 0 aliphatic carbocycles. The van der Waals surface area contributed by atoms with Gasteiger partial charge in [-0.3, -0.25) is 10.2 Å². The number of carboxylic acids is 2. The van der Waals surface area contributed by atoms with E-state index in [4.69, 9.17) is 48.4 Å². The number of pyridine rings is 1. The Morgan fingerprint density at radius 3 is 2.16 bits per heavy atom. The summed E-state index contributed by atoms with van der Waals surface area (Å²) >= 11 is 5.99. The number of nitrogens with one attached hydrogen (secondary N) is 1. The first-order chi connectivity index (χ1) is 14.4. The summed E-state index contributed by atoms with van der Waals surface area (Å²) in [6.07, 6.45) is -2.96. The van der Waals surface area contributed by atoms with Crippen molar-refractivity contribution in [2.45, 2.75) is 25.2 Å². The number of aliphatic carboxylic acids is 2. The van der Waals surface area contributed by atoms with Crippen LogP contribution in [-0.2, 0) is 9.59 Å². The molecule has 7 N–H and O–H groups in total. The van der Waals surface area contributed by atoms with Crippen LogP contribution in [0.15, 0.2) is 36.5 Å². The zero-order chi connectivity index (χ0) is 23.9. The number of aliphatic hydroxyl groups is 2. The predicted molar refractivity (Wildman–Crippen MR) is 106 cm³/mol. The van der Waals surface area contributed by atoms with Gasteiger partial charge in [0.15, 0.2) is 12.2 Å². The predicted octanol–water partition coefficient (Wildman–Crippen LogP) is 0.0782. The summed E-state index contributed by atoms with van der Waals surface area (Å²) in [5.41, 5.74) is 6.68. The number of amides is 1. The van der Waals surface area contributed by atoms with Crippen LogP contribution in [0.1, 0.15) is 34.5 Å². The van der Waals surface area contributed by atoms with Gasteiger partial charge in [-0.25, -0.2) is 9.59 Å². The summed E-state index contributed by atoms with van der Waals surface area (Å²) < 4.78 is 1.55. The van der Waals surface area contributed by atoms with Crippen molar-refractivity contribution < 1.29 is 34.8 Å². The summed E-state index contributed by atoms with van der Waals surface area (Å²) in [6.45, 7) is 1.86. The Bertz CT molecular complexity index is 1080. The van der Waals surface area contributed by atoms with Gasteiger partial charge in [-0.1, -0.05) is 23.7 Å². The quantitative estimate of drug-likeness (QED) is 0.353. The fourth-order valence-electron chi connectivity index (χ4n) is 2.37. The lowest BCUT2D eigenvalue weighted by Crippen LogP contribution is -2.39. The van der Waals surface area contributed by atoms with Gasteiger partial charge in [0.25, 0.3) is 5.91 Å². The molecule has 0 fully saturated rings. The van der Waals surface area contributed by atoms with Crippen LogP contribution in [0.2, 0.25) is 5.02 Å². The number of aliphatic hydroxyl groups excluding tert-OH is 2. The van der Waals surface area contributed by atoms with E-state index >= 15 is 0 Å². The molecule has 2 aromatic rings. The van der Waals surface area contributed by atoms with Crippen LogP contribution in [0, 0.1) is 16.7 Å². The summed E-state index contributed by atoms with van der Waals surface area (Å²) in [4.78, 5) is 30.9. The van der Waals surface area contributed by atoms with Crippen LogP contribution in [0.5, 0.6) is 0 Å². The molecular formula is C19H19ClN4O7. The molecule has 12 heteroatoms. The van der Waals surface area contributed by atoms with E-state index in [2.05, 4.69) is 6.07 Å². The second-order valence-corrected chi connectivity index (χ2v) is 6.61. The third-order valence-corrected chi connectivity index (χ3v) is 4.25. The lowest BCUT2D eigenvalue weighted by atomic mass is 10.0. The molecule has 0 aliphatic heterocycles. The first-order valence-corrected chi connectivity index (χ1v) is 8.86. The Hall–Kier alpha value is -3.72. The lowest BCUT2D eigenvalue weighted by Gasteiger charge is -2.18. The molecule has 11 nitrogen and oxygen atoms in total. The van der Waals surface area contributed by atoms with E-state index in [1.807, 2.05) is 13.0 Å². The standard InChI is InChI=1S/C15H13ClN4O.C4H6O6/c1-9(11-4-2-3-10(5-11)7-17)20-8-12(16)6-13(14(20)18)15(19)21;5-1(3(7)8)2(6)4(9)10/h2-6,8-9,18H,1H3,(H2,19,21);1-2,5-6H,(H,7,8)(H,9,10)/t9-;/m1./s1. The Morgan fingerprint density at radius 1 is 1.16 bits per heavy atom. The van der Waals surface area contributed by atoms with Gasteiger partial charge in [0.2, 0.25) is 0 Å². The summed E-state index contributed by atoms with van der Waals surface area (Å²) in [6, 6.07) is 10.3. The number of rotatable bonds is 6. The molecule has 1 heterocycles. The Morgan fingerprint density at radius 2 is 1.71 bits per heavy atom. The zero-order valence-electron chi connectivity index (χ0n) is 16.1. The van der Waals surface area contributed by atoms with Crippen molar-refractivity contribution in [1.82, 2.24) is 4.57 Å². The molecular weight excluding hydrogens is 432 g/mol. The van der Waals surface area contributed by atoms with E-state index in [1.165, 1.54) is 6.07 Å². The number of carbonyl (C=O) groups excluding carboxylic acids is 1. The molecule has 1 aromatic heterocycles. The number of nitrogens with two attached hydrogens (primary N) is 1. The Labute approximate surface area is 180 Å². The van der Waals surface area contributed by atoms with Crippen molar-refractivity contribution in [2.24, 2.45) is 5.73 Å². The molecule has 2 rings (SSSR count). The second kappa shape index (κ2) is 10.9. The third-order valence-electron chi connectivity index (χ3n) is 4.04. The Kier molecular flexibility index (Phi) is 8.89. The number of halogens is 1. The first-order valence-electron chi connectivity index (χ1n) is 8.48. The minimum atomic E-state index is -2.27. The van der Waals surface area contributed by atoms with Crippen molar-refractivity contribution in [3.05, 3.63) is 63.7 Å². The molecule has 1 amide bonds. The number of nitrogens with zero attached hydrogens (tertiary/aromatic N) is 2. The summed E-state index contributed by atoms with van der Waals surface area (Å²) in [7, 11) is 0. The summed E-state index contributed by atoms with van der Waals surface area (Å²) in [5, 5.41) is 49.9. The van der Waals surface area contributed by atoms with Crippen LogP contribution in [-0.4, -0.2) is 55.0 Å². The number of carbonyl (C=O) groups is 3. The Balaban J connectivity index is 0.000000407. The van der Waals surface area contributed by atoms with Gasteiger partial charge in [0.1, 0.15) is 5.49 Å². The van der Waals surface area contributed by atoms with Gasteiger partial charge < -0.3 is 30.7 Å². The van der Waals surface area contributed by atoms with E-state index in [9.17, 15) is 14.4 Å². The van der Waals surface area contributed by atoms with Crippen molar-refractivity contribution >= 4 is 29.4 Å². The maximum atomic E-state index is 11.4. The van der Waals surface area contributed by atoms with Gasteiger partial charge >= 0.3 is 11.9 Å². The molecule has 0 radical (unpaired) electrons. The third kappa shape index (κ3) is 6.65. The number of hydrogen-bond donors (Lipinski definition) is 6. The second-order valence-electron chi connectivity index (χ2n) is 6.17. The SMILES string of the molecule is C[C@H](c1cccc(C#N)c1)n1cc(Cl)cc(C(N)=O)c1=N.O=C(O)C(O)C(O)C(=O)O. The van der Waals surface area contributed by atoms with E-state index in [-0.39, 0.29) is 17.1 Å². The van der Waals surface area contributed by atoms with Crippen molar-refractivity contribution in [3.8, 4) is 6.07 Å². The molecule has 31 heavy (non-hydrogen) atoms. The molecule has 164 valence electrons. The minimum Gasteiger partial charge on any atom is -0.479 e. The smallest absolute Gasteiger partial charge is 0.335 e. The van der Waals surface area contributed by atoms with Gasteiger partial charge in [0.05, 0.1) is 28.3 Å². The maximum absolute atomic E-state index is 11.4. The molecule has 1 aromatic carbocycles. The minimum absolute atomic E-state index is 0.0123. The van der Waals surface area contributed by atoms with Crippen molar-refractivity contribution in [2.75, 3.05) is 0 Å². The van der Waals surface area contributed by atoms with Crippen molar-refractivity contribution in [3.63, 3.8) is 0 Å². The molecule has 0 bridgehead atoms. The fraction of sp³-hybridized carbons (Fsp3) is 0.211. The van der Waals surface area contributed by atoms with E-state index in [1.54, 1.807) is 29.0 Å². The summed E-state index contributed by atoms with van der Waals surface area (Å²) in [5.74, 6) is -4.24. The van der Waals surface area contributed by atoms with E-state index in [0.717, 1.165) is 5.56 Å². The number of nitriles is 1. The van der Waals surface area contributed by atoms with Crippen LogP contribution in [0.4, 0.5) is 0 Å². The highest BCUT2D eigenvalue weighted by Crippen LogP contribution is 2.19. The average molecular weight is 451 g/mol. The molecule has 2 unspecified atom stereocenters. The van der Waals surface area contributed by atoms with Crippen LogP contribution in [0.25, 0.3) is 0 Å². The first kappa shape index (κ1) is 25.3. The van der Waals surface area contributed by atoms with E-state index < -0.39 is 30.1 Å². The number of hydrogen-bond acceptors (Lipinski definition) is 7. The van der Waals surface area contributed by atoms with Gasteiger partial charge in [-0.2, -0.15) is 5.26 Å². The van der Waals surface area contributed by atoms with Crippen LogP contribution >= 0.6 is 11.6 Å². The zero-order valence-corrected chi connectivity index (χ0v) is 16.8. The van der Waals surface area contributed by atoms with Gasteiger partial charge in [-0.15, -0.1) is 0 Å².